The molecule has 0 aromatic carbocycles. The monoisotopic (exact) mass is 332 g/mol. The fraction of sp³-hybridized carbons (Fsp3) is 0. The molecule has 25 heavy (non-hydrogen) atoms. The van der Waals surface area contributed by atoms with Crippen molar-refractivity contribution in [2.24, 2.45) is 0 Å². The summed E-state index contributed by atoms with van der Waals surface area (Å²) in [6.07, 6.45) is 7.93. The van der Waals surface area contributed by atoms with E-state index in [1.807, 2.05) is 6.07 Å². The Labute approximate surface area is 141 Å². The zero-order valence-electron chi connectivity index (χ0n) is 12.9. The average Bonchev–Trinajstić information content (AvgIpc) is 3.12. The zero-order chi connectivity index (χ0) is 17.2. The number of hydrogen-bond acceptors (Lipinski definition) is 7. The molecule has 122 valence electrons. The Morgan fingerprint density at radius 3 is 2.92 bits per heavy atom. The van der Waals surface area contributed by atoms with Gasteiger partial charge in [-0.25, -0.2) is 19.5 Å². The number of nitrogens with one attached hydrogen (secondary N) is 1. The Hall–Kier alpha value is -3.88. The molecule has 0 radical (unpaired) electrons. The molecule has 0 fully saturated rings. The van der Waals surface area contributed by atoms with E-state index < -0.39 is 5.91 Å². The molecule has 0 aliphatic rings. The lowest BCUT2D eigenvalue weighted by Crippen LogP contribution is -2.18. The van der Waals surface area contributed by atoms with E-state index in [1.165, 1.54) is 12.5 Å². The minimum absolute atomic E-state index is 0.0304. The molecule has 0 bridgehead atoms. The number of aromatic nitrogens is 6. The number of hydrogen-bond donors (Lipinski definition) is 2. The van der Waals surface area contributed by atoms with E-state index in [9.17, 15) is 4.79 Å². The van der Waals surface area contributed by atoms with Gasteiger partial charge in [0.05, 0.1) is 17.6 Å². The van der Waals surface area contributed by atoms with Crippen molar-refractivity contribution in [3.63, 3.8) is 0 Å². The summed E-state index contributed by atoms with van der Waals surface area (Å²) < 4.78 is 1.55. The van der Waals surface area contributed by atoms with E-state index in [0.29, 0.717) is 17.0 Å². The van der Waals surface area contributed by atoms with Crippen LogP contribution in [0.15, 0.2) is 55.4 Å². The molecule has 9 nitrogen and oxygen atoms in total. The topological polar surface area (TPSA) is 124 Å². The first kappa shape index (κ1) is 14.7. The van der Waals surface area contributed by atoms with E-state index >= 15 is 0 Å². The second kappa shape index (κ2) is 5.96. The number of pyridine rings is 2. The van der Waals surface area contributed by atoms with Gasteiger partial charge in [0.1, 0.15) is 6.33 Å². The van der Waals surface area contributed by atoms with Crippen LogP contribution in [0.1, 0.15) is 10.5 Å². The van der Waals surface area contributed by atoms with Crippen LogP contribution in [0, 0.1) is 0 Å². The first-order chi connectivity index (χ1) is 12.2. The van der Waals surface area contributed by atoms with Gasteiger partial charge in [0.2, 0.25) is 0 Å². The number of carbonyl (C=O) groups excluding carboxylic acids is 1. The molecule has 1 amide bonds. The second-order valence-corrected chi connectivity index (χ2v) is 5.13. The lowest BCUT2D eigenvalue weighted by molar-refractivity contribution is 0.102. The highest BCUT2D eigenvalue weighted by atomic mass is 16.1. The first-order valence-electron chi connectivity index (χ1n) is 7.35. The van der Waals surface area contributed by atoms with Gasteiger partial charge in [0.15, 0.2) is 17.2 Å². The summed E-state index contributed by atoms with van der Waals surface area (Å²) in [6, 6.07) is 7.07. The second-order valence-electron chi connectivity index (χ2n) is 5.13. The van der Waals surface area contributed by atoms with E-state index in [0.717, 1.165) is 5.56 Å². The van der Waals surface area contributed by atoms with Gasteiger partial charge in [-0.1, -0.05) is 0 Å². The molecule has 0 saturated carbocycles. The molecule has 4 aromatic rings. The summed E-state index contributed by atoms with van der Waals surface area (Å²) in [5, 5.41) is 6.77. The predicted molar refractivity (Wildman–Crippen MR) is 90.6 cm³/mol. The first-order valence-corrected chi connectivity index (χ1v) is 7.35. The third kappa shape index (κ3) is 2.74. The summed E-state index contributed by atoms with van der Waals surface area (Å²) in [5.41, 5.74) is 8.13. The molecule has 0 unspecified atom stereocenters. The predicted octanol–water partition coefficient (Wildman–Crippen LogP) is 1.42. The molecular formula is C16H12N8O. The van der Waals surface area contributed by atoms with Crippen LogP contribution in [-0.2, 0) is 0 Å². The van der Waals surface area contributed by atoms with Crippen LogP contribution in [0.25, 0.3) is 16.9 Å². The molecule has 0 spiro atoms. The Balaban J connectivity index is 1.69. The minimum atomic E-state index is -0.480. The number of carbonyl (C=O) groups is 1. The van der Waals surface area contributed by atoms with Crippen molar-refractivity contribution in [1.29, 1.82) is 0 Å². The molecule has 4 rings (SSSR count). The molecule has 9 heteroatoms. The number of amides is 1. The maximum atomic E-state index is 12.6. The summed E-state index contributed by atoms with van der Waals surface area (Å²) in [7, 11) is 0. The highest BCUT2D eigenvalue weighted by molar-refractivity contribution is 6.07. The highest BCUT2D eigenvalue weighted by Crippen LogP contribution is 2.19. The van der Waals surface area contributed by atoms with Crippen molar-refractivity contribution < 1.29 is 4.79 Å². The van der Waals surface area contributed by atoms with Gasteiger partial charge in [-0.3, -0.25) is 9.78 Å². The van der Waals surface area contributed by atoms with Gasteiger partial charge in [-0.15, -0.1) is 0 Å². The van der Waals surface area contributed by atoms with Gasteiger partial charge < -0.3 is 11.1 Å². The molecule has 3 N–H and O–H groups in total. The van der Waals surface area contributed by atoms with Crippen molar-refractivity contribution in [2.45, 2.75) is 0 Å². The molecule has 4 aromatic heterocycles. The molecule has 0 aliphatic heterocycles. The molecule has 0 aliphatic carbocycles. The zero-order valence-corrected chi connectivity index (χ0v) is 12.9. The standard InChI is InChI=1S/C16H12N8O/c17-14-13(22-12(8-19-14)10-3-1-5-18-7-10)16(25)23-11-4-2-6-24-15(11)20-9-21-24/h1-9H,(H2,17,19)(H,23,25). The van der Waals surface area contributed by atoms with Crippen molar-refractivity contribution >= 4 is 23.1 Å². The summed E-state index contributed by atoms with van der Waals surface area (Å²) in [5.74, 6) is -0.439. The maximum Gasteiger partial charge on any atom is 0.278 e. The number of rotatable bonds is 3. The van der Waals surface area contributed by atoms with Crippen LogP contribution in [-0.4, -0.2) is 35.5 Å². The third-order valence-electron chi connectivity index (χ3n) is 3.53. The summed E-state index contributed by atoms with van der Waals surface area (Å²) in [4.78, 5) is 29.2. The lowest BCUT2D eigenvalue weighted by Gasteiger charge is -2.08. The van der Waals surface area contributed by atoms with Gasteiger partial charge in [-0.2, -0.15) is 5.10 Å². The van der Waals surface area contributed by atoms with Crippen LogP contribution in [0.2, 0.25) is 0 Å². The number of anilines is 2. The van der Waals surface area contributed by atoms with Gasteiger partial charge in [0.25, 0.3) is 5.91 Å². The Kier molecular flexibility index (Phi) is 3.51. The minimum Gasteiger partial charge on any atom is -0.382 e. The molecule has 4 heterocycles. The van der Waals surface area contributed by atoms with Crippen LogP contribution in [0.5, 0.6) is 0 Å². The SMILES string of the molecule is Nc1ncc(-c2cccnc2)nc1C(=O)Nc1cccn2ncnc12. The van der Waals surface area contributed by atoms with Crippen molar-refractivity contribution in [3.8, 4) is 11.3 Å². The van der Waals surface area contributed by atoms with E-state index in [2.05, 4.69) is 30.4 Å². The fourth-order valence-electron chi connectivity index (χ4n) is 2.35. The number of nitrogen functional groups attached to an aromatic ring is 1. The number of nitrogens with zero attached hydrogens (tertiary/aromatic N) is 6. The Morgan fingerprint density at radius 1 is 1.16 bits per heavy atom. The van der Waals surface area contributed by atoms with Gasteiger partial charge in [0, 0.05) is 24.2 Å². The maximum absolute atomic E-state index is 12.6. The van der Waals surface area contributed by atoms with Gasteiger partial charge in [-0.05, 0) is 24.3 Å². The van der Waals surface area contributed by atoms with E-state index in [4.69, 9.17) is 5.73 Å². The normalized spacial score (nSPS) is 10.7. The van der Waals surface area contributed by atoms with Crippen LogP contribution < -0.4 is 11.1 Å². The molecular weight excluding hydrogens is 320 g/mol. The quantitative estimate of drug-likeness (QED) is 0.581. The van der Waals surface area contributed by atoms with E-state index in [-0.39, 0.29) is 11.5 Å². The van der Waals surface area contributed by atoms with E-state index in [1.54, 1.807) is 41.3 Å². The number of fused-ring (bicyclic) bond motifs is 1. The van der Waals surface area contributed by atoms with Crippen molar-refractivity contribution in [1.82, 2.24) is 29.5 Å². The largest absolute Gasteiger partial charge is 0.382 e. The molecule has 0 atom stereocenters. The lowest BCUT2D eigenvalue weighted by atomic mass is 10.2. The van der Waals surface area contributed by atoms with Gasteiger partial charge >= 0.3 is 0 Å². The van der Waals surface area contributed by atoms with Crippen molar-refractivity contribution in [2.75, 3.05) is 11.1 Å². The van der Waals surface area contributed by atoms with Crippen LogP contribution >= 0.6 is 0 Å². The smallest absolute Gasteiger partial charge is 0.278 e. The Morgan fingerprint density at radius 2 is 2.08 bits per heavy atom. The van der Waals surface area contributed by atoms with Crippen LogP contribution in [0.3, 0.4) is 0 Å². The third-order valence-corrected chi connectivity index (χ3v) is 3.53. The number of nitrogens with two attached hydrogens (primary N) is 1. The van der Waals surface area contributed by atoms with Crippen molar-refractivity contribution in [3.05, 3.63) is 61.1 Å². The molecule has 0 saturated heterocycles. The Bertz CT molecular complexity index is 1060. The fourth-order valence-corrected chi connectivity index (χ4v) is 2.35. The van der Waals surface area contributed by atoms with Crippen LogP contribution in [0.4, 0.5) is 11.5 Å². The highest BCUT2D eigenvalue weighted by Gasteiger charge is 2.16. The summed E-state index contributed by atoms with van der Waals surface area (Å²) >= 11 is 0. The average molecular weight is 332 g/mol. The summed E-state index contributed by atoms with van der Waals surface area (Å²) in [6.45, 7) is 0.